The number of cyclic esters (lactones) is 2. The van der Waals surface area contributed by atoms with E-state index in [1.807, 2.05) is 53.8 Å². The molecule has 15 atom stereocenters. The number of amides is 2. The number of aromatic nitrogens is 1. The second kappa shape index (κ2) is 25.2. The van der Waals surface area contributed by atoms with E-state index < -0.39 is 113 Å². The number of hydrogen-bond acceptors (Lipinski definition) is 17. The number of nitrogens with one attached hydrogen (secondary N) is 2. The molecule has 2 amide bonds. The smallest absolute Gasteiger partial charge is 0.338 e. The zero-order valence-electron chi connectivity index (χ0n) is 43.2. The molecule has 5 rings (SSSR count). The lowest BCUT2D eigenvalue weighted by atomic mass is 9.80. The molecule has 71 heavy (non-hydrogen) atoms. The first-order valence-corrected chi connectivity index (χ1v) is 28.3. The van der Waals surface area contributed by atoms with Crippen LogP contribution in [0, 0.1) is 35.5 Å². The molecule has 0 saturated carbocycles. The summed E-state index contributed by atoms with van der Waals surface area (Å²) in [6.45, 7) is 21.4. The molecule has 6 bridgehead atoms. The molecule has 0 aliphatic carbocycles. The fraction of sp³-hybridized carbons (Fsp3) is 0.686. The van der Waals surface area contributed by atoms with Crippen molar-refractivity contribution in [1.29, 1.82) is 0 Å². The lowest BCUT2D eigenvalue weighted by Crippen LogP contribution is -2.57. The van der Waals surface area contributed by atoms with Gasteiger partial charge in [-0.3, -0.25) is 24.4 Å². The highest BCUT2D eigenvalue weighted by atomic mass is 79.9. The Morgan fingerprint density at radius 1 is 0.944 bits per heavy atom. The zero-order valence-corrected chi connectivity index (χ0v) is 47.3. The van der Waals surface area contributed by atoms with Crippen LogP contribution in [0.15, 0.2) is 44.1 Å². The molecule has 20 heteroatoms. The number of hydrogen-bond donors (Lipinski definition) is 4. The average Bonchev–Trinajstić information content (AvgIpc) is 4.09. The minimum Gasteiger partial charge on any atom is -0.460 e. The molecule has 1 aromatic heterocycles. The van der Waals surface area contributed by atoms with Crippen molar-refractivity contribution in [2.45, 2.75) is 169 Å². The van der Waals surface area contributed by atoms with Crippen LogP contribution in [-0.2, 0) is 44.5 Å². The summed E-state index contributed by atoms with van der Waals surface area (Å²) in [6.07, 6.45) is -4.42. The summed E-state index contributed by atoms with van der Waals surface area (Å²) in [7, 11) is 1.57. The number of carbonyl (C=O) groups is 5. The van der Waals surface area contributed by atoms with Crippen molar-refractivity contribution < 1.29 is 53.1 Å². The Hall–Kier alpha value is -3.40. The third-order valence-corrected chi connectivity index (χ3v) is 18.2. The maximum absolute atomic E-state index is 14.6. The number of rotatable bonds is 12. The summed E-state index contributed by atoms with van der Waals surface area (Å²) >= 11 is 7.89. The van der Waals surface area contributed by atoms with Crippen LogP contribution in [0.1, 0.15) is 123 Å². The molecule has 4 N–H and O–H groups in total. The van der Waals surface area contributed by atoms with Gasteiger partial charge in [-0.25, -0.2) is 14.6 Å². The molecule has 16 nitrogen and oxygen atoms in total. The molecule has 0 saturated heterocycles. The van der Waals surface area contributed by atoms with Gasteiger partial charge < -0.3 is 39.8 Å². The second-order valence-electron chi connectivity index (χ2n) is 20.3. The molecule has 1 aromatic carbocycles. The van der Waals surface area contributed by atoms with Gasteiger partial charge >= 0.3 is 17.9 Å². The molecule has 15 unspecified atom stereocenters. The van der Waals surface area contributed by atoms with Gasteiger partial charge in [0.2, 0.25) is 5.91 Å². The first kappa shape index (κ1) is 58.5. The number of esters is 3. The number of methoxy groups -OCH3 is 1. The number of aliphatic hydroxyl groups excluding tert-OH is 2. The third kappa shape index (κ3) is 14.1. The summed E-state index contributed by atoms with van der Waals surface area (Å²) in [4.78, 5) is 85.9. The van der Waals surface area contributed by atoms with Crippen molar-refractivity contribution >= 4 is 90.6 Å². The summed E-state index contributed by atoms with van der Waals surface area (Å²) < 4.78 is 25.6. The SMILES string of the molecule is CCCC(C)C(OC(=O)c1ccc(Br)cc1)C(C)C1OC(=O)C(C(C)O)NC(=O)C(C(C)C)OC(=O)C(C)C(O)C(C(C)CC)NC(=O)C2(C)CSC(=N2)C2(C)CSC(=N2)c2csc(n2)CC(OC)C1C. The van der Waals surface area contributed by atoms with Crippen LogP contribution in [0.3, 0.4) is 0 Å². The first-order chi connectivity index (χ1) is 33.4. The van der Waals surface area contributed by atoms with Crippen molar-refractivity contribution in [2.75, 3.05) is 18.6 Å². The number of aliphatic imine (C=N–C) groups is 2. The number of thiazole rings is 1. The van der Waals surface area contributed by atoms with E-state index in [0.717, 1.165) is 20.9 Å². The van der Waals surface area contributed by atoms with Crippen LogP contribution in [0.4, 0.5) is 0 Å². The lowest BCUT2D eigenvalue weighted by Gasteiger charge is -2.39. The standard InChI is InChI=1S/C51H74BrN5O11S3/c1-14-16-27(6)41(67-46(62)32-17-19-33(52)20-18-32)30(9)42-28(7)35(65-13)21-36-53-34(22-69-36)44-56-51(12,24-70-44)49-57-50(11,23-71-49)48(64)55-37(26(5)15-2)39(59)29(8)45(61)66-40(25(3)4)43(60)54-38(31(10)58)47(63)68-42/h17-20,22,25-31,35,37-42,58-59H,14-16,21,23-24H2,1-13H3,(H,54,60)(H,55,64). The maximum atomic E-state index is 14.6. The van der Waals surface area contributed by atoms with Gasteiger partial charge in [0.15, 0.2) is 12.1 Å². The summed E-state index contributed by atoms with van der Waals surface area (Å²) in [5.41, 5.74) is -0.906. The van der Waals surface area contributed by atoms with E-state index >= 15 is 0 Å². The van der Waals surface area contributed by atoms with Gasteiger partial charge in [-0.1, -0.05) is 84.2 Å². The largest absolute Gasteiger partial charge is 0.460 e. The van der Waals surface area contributed by atoms with Gasteiger partial charge in [0.05, 0.1) is 45.9 Å². The minimum atomic E-state index is -1.64. The Balaban J connectivity index is 1.59. The van der Waals surface area contributed by atoms with Crippen molar-refractivity contribution in [1.82, 2.24) is 15.6 Å². The number of aliphatic hydroxyl groups is 2. The van der Waals surface area contributed by atoms with Crippen molar-refractivity contribution in [2.24, 2.45) is 45.5 Å². The predicted molar refractivity (Wildman–Crippen MR) is 283 cm³/mol. The van der Waals surface area contributed by atoms with Crippen LogP contribution in [-0.4, -0.2) is 133 Å². The molecule has 3 aliphatic heterocycles. The molecule has 2 aromatic rings. The van der Waals surface area contributed by atoms with Gasteiger partial charge in [-0.05, 0) is 76.1 Å². The Morgan fingerprint density at radius 3 is 2.21 bits per heavy atom. The molecule has 0 fully saturated rings. The van der Waals surface area contributed by atoms with Crippen LogP contribution < -0.4 is 10.6 Å². The second-order valence-corrected chi connectivity index (χ2v) is 24.1. The number of fused-ring (bicyclic) bond motifs is 6. The fourth-order valence-corrected chi connectivity index (χ4v) is 12.8. The normalized spacial score (nSPS) is 31.5. The molecule has 3 aliphatic rings. The summed E-state index contributed by atoms with van der Waals surface area (Å²) in [6, 6.07) is 4.31. The topological polar surface area (TPSA) is 224 Å². The van der Waals surface area contributed by atoms with E-state index in [2.05, 4.69) is 26.6 Å². The minimum absolute atomic E-state index is 0.191. The van der Waals surface area contributed by atoms with Crippen LogP contribution in [0.25, 0.3) is 0 Å². The molecule has 4 heterocycles. The Kier molecular flexibility index (Phi) is 20.8. The summed E-state index contributed by atoms with van der Waals surface area (Å²) in [5, 5.41) is 32.7. The lowest BCUT2D eigenvalue weighted by molar-refractivity contribution is -0.172. The molecular weight excluding hydrogens is 1030 g/mol. The van der Waals surface area contributed by atoms with Crippen molar-refractivity contribution in [3.8, 4) is 0 Å². The van der Waals surface area contributed by atoms with Gasteiger partial charge in [0.25, 0.3) is 5.91 Å². The van der Waals surface area contributed by atoms with E-state index in [9.17, 15) is 34.2 Å². The van der Waals surface area contributed by atoms with E-state index in [4.69, 9.17) is 33.9 Å². The zero-order chi connectivity index (χ0) is 52.7. The van der Waals surface area contributed by atoms with Crippen LogP contribution in [0.2, 0.25) is 0 Å². The maximum Gasteiger partial charge on any atom is 0.338 e. The van der Waals surface area contributed by atoms with Gasteiger partial charge in [-0.2, -0.15) is 0 Å². The number of thioether (sulfide) groups is 2. The monoisotopic (exact) mass is 1110 g/mol. The predicted octanol–water partition coefficient (Wildman–Crippen LogP) is 7.44. The van der Waals surface area contributed by atoms with Crippen LogP contribution in [0.5, 0.6) is 0 Å². The average molecular weight is 1110 g/mol. The van der Waals surface area contributed by atoms with Gasteiger partial charge in [-0.15, -0.1) is 34.9 Å². The first-order valence-electron chi connectivity index (χ1n) is 24.7. The van der Waals surface area contributed by atoms with Crippen molar-refractivity contribution in [3.63, 3.8) is 0 Å². The third-order valence-electron chi connectivity index (χ3n) is 14.0. The summed E-state index contributed by atoms with van der Waals surface area (Å²) in [5.74, 6) is -6.34. The molecule has 0 radical (unpaired) electrons. The number of benzene rings is 1. The molecule has 394 valence electrons. The number of carbonyl (C=O) groups excluding carboxylic acids is 5. The highest BCUT2D eigenvalue weighted by Gasteiger charge is 2.49. The number of nitrogens with zero attached hydrogens (tertiary/aromatic N) is 3. The fourth-order valence-electron chi connectivity index (χ4n) is 9.14. The number of ether oxygens (including phenoxy) is 4. The van der Waals surface area contributed by atoms with Gasteiger partial charge in [0.1, 0.15) is 34.0 Å². The molecule has 0 spiro atoms. The number of halogens is 1. The van der Waals surface area contributed by atoms with Crippen molar-refractivity contribution in [3.05, 3.63) is 50.4 Å². The Morgan fingerprint density at radius 2 is 1.61 bits per heavy atom. The highest BCUT2D eigenvalue weighted by molar-refractivity contribution is 9.10. The quantitative estimate of drug-likeness (QED) is 0.120. The van der Waals surface area contributed by atoms with E-state index in [0.29, 0.717) is 47.1 Å². The van der Waals surface area contributed by atoms with E-state index in [-0.39, 0.29) is 11.8 Å². The van der Waals surface area contributed by atoms with Crippen LogP contribution >= 0.6 is 50.8 Å². The van der Waals surface area contributed by atoms with E-state index in [1.165, 1.54) is 36.9 Å². The van der Waals surface area contributed by atoms with Gasteiger partial charge in [0, 0.05) is 46.7 Å². The molecular formula is C51H74BrN5O11S3. The Bertz CT molecular complexity index is 2260. The van der Waals surface area contributed by atoms with E-state index in [1.54, 1.807) is 63.9 Å². The Labute approximate surface area is 440 Å². The highest BCUT2D eigenvalue weighted by Crippen LogP contribution is 2.41.